The summed E-state index contributed by atoms with van der Waals surface area (Å²) in [7, 11) is 0. The number of amides is 1. The fraction of sp³-hybridized carbons (Fsp3) is 0.500. The molecule has 2 rings (SSSR count). The van der Waals surface area contributed by atoms with Crippen LogP contribution in [-0.2, 0) is 4.79 Å². The second-order valence-corrected chi connectivity index (χ2v) is 5.40. The predicted octanol–water partition coefficient (Wildman–Crippen LogP) is 2.22. The quantitative estimate of drug-likeness (QED) is 0.913. The Bertz CT molecular complexity index is 490. The number of halogens is 2. The van der Waals surface area contributed by atoms with E-state index in [0.29, 0.717) is 6.54 Å². The summed E-state index contributed by atoms with van der Waals surface area (Å²) in [5, 5.41) is 0. The summed E-state index contributed by atoms with van der Waals surface area (Å²) in [5.74, 6) is -1.68. The number of nitrogens with two attached hydrogens (primary N) is 1. The van der Waals surface area contributed by atoms with Gasteiger partial charge in [-0.1, -0.05) is 26.0 Å². The van der Waals surface area contributed by atoms with E-state index >= 15 is 0 Å². The SMILES string of the molecule is CC(C)CN1C(=O)CC(N)C1c1cccc(F)c1F. The highest BCUT2D eigenvalue weighted by atomic mass is 19.2. The predicted molar refractivity (Wildman–Crippen MR) is 68.2 cm³/mol. The van der Waals surface area contributed by atoms with E-state index in [2.05, 4.69) is 0 Å². The third kappa shape index (κ3) is 2.61. The van der Waals surface area contributed by atoms with Gasteiger partial charge in [0.25, 0.3) is 0 Å². The van der Waals surface area contributed by atoms with Crippen LogP contribution in [0.5, 0.6) is 0 Å². The first-order valence-electron chi connectivity index (χ1n) is 6.40. The van der Waals surface area contributed by atoms with Crippen LogP contribution in [0.3, 0.4) is 0 Å². The second-order valence-electron chi connectivity index (χ2n) is 5.40. The van der Waals surface area contributed by atoms with Gasteiger partial charge in [0.1, 0.15) is 0 Å². The average Bonchev–Trinajstić information content (AvgIpc) is 2.58. The van der Waals surface area contributed by atoms with Crippen molar-refractivity contribution >= 4 is 5.91 Å². The Kier molecular flexibility index (Phi) is 3.85. The molecule has 2 atom stereocenters. The molecule has 0 spiro atoms. The molecule has 0 aromatic heterocycles. The molecule has 2 unspecified atom stereocenters. The van der Waals surface area contributed by atoms with Crippen LogP contribution in [0.1, 0.15) is 31.9 Å². The molecule has 0 radical (unpaired) electrons. The first-order valence-corrected chi connectivity index (χ1v) is 6.40. The fourth-order valence-corrected chi connectivity index (χ4v) is 2.57. The Labute approximate surface area is 111 Å². The third-order valence-electron chi connectivity index (χ3n) is 3.33. The number of carbonyl (C=O) groups is 1. The largest absolute Gasteiger partial charge is 0.334 e. The van der Waals surface area contributed by atoms with Crippen LogP contribution in [0.2, 0.25) is 0 Å². The maximum atomic E-state index is 13.9. The van der Waals surface area contributed by atoms with Crippen molar-refractivity contribution in [3.05, 3.63) is 35.4 Å². The summed E-state index contributed by atoms with van der Waals surface area (Å²) in [6, 6.07) is 2.92. The zero-order chi connectivity index (χ0) is 14.2. The summed E-state index contributed by atoms with van der Waals surface area (Å²) in [4.78, 5) is 13.5. The zero-order valence-corrected chi connectivity index (χ0v) is 11.1. The lowest BCUT2D eigenvalue weighted by atomic mass is 9.99. The van der Waals surface area contributed by atoms with Gasteiger partial charge < -0.3 is 10.6 Å². The second kappa shape index (κ2) is 5.25. The molecule has 1 aromatic carbocycles. The van der Waals surface area contributed by atoms with Gasteiger partial charge in [-0.2, -0.15) is 0 Å². The monoisotopic (exact) mass is 268 g/mol. The Morgan fingerprint density at radius 3 is 2.74 bits per heavy atom. The van der Waals surface area contributed by atoms with Crippen LogP contribution in [0, 0.1) is 17.6 Å². The molecule has 1 amide bonds. The van der Waals surface area contributed by atoms with Gasteiger partial charge in [-0.25, -0.2) is 8.78 Å². The van der Waals surface area contributed by atoms with Crippen LogP contribution in [-0.4, -0.2) is 23.4 Å². The Hall–Kier alpha value is -1.49. The van der Waals surface area contributed by atoms with Crippen molar-refractivity contribution in [3.63, 3.8) is 0 Å². The van der Waals surface area contributed by atoms with Gasteiger partial charge in [-0.3, -0.25) is 4.79 Å². The molecular formula is C14H18F2N2O. The number of hydrogen-bond acceptors (Lipinski definition) is 2. The molecule has 0 bridgehead atoms. The van der Waals surface area contributed by atoms with E-state index in [9.17, 15) is 13.6 Å². The summed E-state index contributed by atoms with van der Waals surface area (Å²) in [6.45, 7) is 4.43. The van der Waals surface area contributed by atoms with Crippen molar-refractivity contribution in [3.8, 4) is 0 Å². The van der Waals surface area contributed by atoms with Crippen molar-refractivity contribution in [2.75, 3.05) is 6.54 Å². The fourth-order valence-electron chi connectivity index (χ4n) is 2.57. The highest BCUT2D eigenvalue weighted by Gasteiger charge is 2.40. The van der Waals surface area contributed by atoms with Crippen molar-refractivity contribution < 1.29 is 13.6 Å². The molecule has 5 heteroatoms. The Morgan fingerprint density at radius 2 is 2.11 bits per heavy atom. The summed E-state index contributed by atoms with van der Waals surface area (Å²) < 4.78 is 27.2. The van der Waals surface area contributed by atoms with Gasteiger partial charge in [0.05, 0.1) is 6.04 Å². The van der Waals surface area contributed by atoms with E-state index in [-0.39, 0.29) is 23.8 Å². The summed E-state index contributed by atoms with van der Waals surface area (Å²) in [5.41, 5.74) is 6.10. The van der Waals surface area contributed by atoms with Crippen LogP contribution in [0.15, 0.2) is 18.2 Å². The maximum Gasteiger partial charge on any atom is 0.224 e. The molecule has 1 saturated heterocycles. The van der Waals surface area contributed by atoms with Gasteiger partial charge in [-0.15, -0.1) is 0 Å². The van der Waals surface area contributed by atoms with Crippen molar-refractivity contribution in [1.82, 2.24) is 4.90 Å². The molecule has 1 aromatic rings. The van der Waals surface area contributed by atoms with Gasteiger partial charge in [-0.05, 0) is 12.0 Å². The van der Waals surface area contributed by atoms with E-state index < -0.39 is 23.7 Å². The van der Waals surface area contributed by atoms with Crippen molar-refractivity contribution in [1.29, 1.82) is 0 Å². The van der Waals surface area contributed by atoms with E-state index in [1.54, 1.807) is 4.90 Å². The van der Waals surface area contributed by atoms with Gasteiger partial charge >= 0.3 is 0 Å². The van der Waals surface area contributed by atoms with Crippen molar-refractivity contribution in [2.45, 2.75) is 32.4 Å². The molecule has 2 N–H and O–H groups in total. The molecular weight excluding hydrogens is 250 g/mol. The van der Waals surface area contributed by atoms with Crippen LogP contribution < -0.4 is 5.73 Å². The van der Waals surface area contributed by atoms with Crippen LogP contribution in [0.4, 0.5) is 8.78 Å². The molecule has 1 heterocycles. The first-order chi connectivity index (χ1) is 8.91. The molecule has 3 nitrogen and oxygen atoms in total. The minimum absolute atomic E-state index is 0.102. The van der Waals surface area contributed by atoms with E-state index in [0.717, 1.165) is 6.07 Å². The molecule has 1 aliphatic rings. The number of rotatable bonds is 3. The molecule has 1 aliphatic heterocycles. The highest BCUT2D eigenvalue weighted by Crippen LogP contribution is 2.34. The van der Waals surface area contributed by atoms with Gasteiger partial charge in [0.2, 0.25) is 5.91 Å². The number of nitrogens with zero attached hydrogens (tertiary/aromatic N) is 1. The van der Waals surface area contributed by atoms with Gasteiger partial charge in [0, 0.05) is 24.6 Å². The molecule has 19 heavy (non-hydrogen) atoms. The number of likely N-dealkylation sites (tertiary alicyclic amines) is 1. The first kappa shape index (κ1) is 13.9. The lowest BCUT2D eigenvalue weighted by Gasteiger charge is -2.29. The van der Waals surface area contributed by atoms with Crippen LogP contribution in [0.25, 0.3) is 0 Å². The van der Waals surface area contributed by atoms with E-state index in [4.69, 9.17) is 5.73 Å². The summed E-state index contributed by atoms with van der Waals surface area (Å²) in [6.07, 6.45) is 0.174. The minimum Gasteiger partial charge on any atom is -0.334 e. The lowest BCUT2D eigenvalue weighted by Crippen LogP contribution is -2.36. The number of benzene rings is 1. The Morgan fingerprint density at radius 1 is 1.42 bits per heavy atom. The van der Waals surface area contributed by atoms with Gasteiger partial charge in [0.15, 0.2) is 11.6 Å². The highest BCUT2D eigenvalue weighted by molar-refractivity contribution is 5.80. The van der Waals surface area contributed by atoms with E-state index in [1.165, 1.54) is 12.1 Å². The number of hydrogen-bond donors (Lipinski definition) is 1. The molecule has 0 saturated carbocycles. The topological polar surface area (TPSA) is 46.3 Å². The molecule has 1 fully saturated rings. The third-order valence-corrected chi connectivity index (χ3v) is 3.33. The Balaban J connectivity index is 2.39. The number of carbonyl (C=O) groups excluding carboxylic acids is 1. The standard InChI is InChI=1S/C14H18F2N2O/c1-8(2)7-18-12(19)6-11(17)14(18)9-4-3-5-10(15)13(9)16/h3-5,8,11,14H,6-7,17H2,1-2H3. The summed E-state index contributed by atoms with van der Waals surface area (Å²) >= 11 is 0. The lowest BCUT2D eigenvalue weighted by molar-refractivity contribution is -0.129. The zero-order valence-electron chi connectivity index (χ0n) is 11.1. The van der Waals surface area contributed by atoms with Crippen LogP contribution >= 0.6 is 0 Å². The average molecular weight is 268 g/mol. The van der Waals surface area contributed by atoms with Crippen molar-refractivity contribution in [2.24, 2.45) is 11.7 Å². The maximum absolute atomic E-state index is 13.9. The smallest absolute Gasteiger partial charge is 0.224 e. The molecule has 0 aliphatic carbocycles. The molecule has 104 valence electrons. The van der Waals surface area contributed by atoms with E-state index in [1.807, 2.05) is 13.8 Å². The minimum atomic E-state index is -0.911. The normalized spacial score (nSPS) is 23.5.